The lowest BCUT2D eigenvalue weighted by Crippen LogP contribution is -2.13. The van der Waals surface area contributed by atoms with Crippen LogP contribution in [-0.2, 0) is 0 Å². The van der Waals surface area contributed by atoms with Crippen LogP contribution in [0.1, 0.15) is 15.9 Å². The van der Waals surface area contributed by atoms with Gasteiger partial charge in [0.2, 0.25) is 0 Å². The quantitative estimate of drug-likeness (QED) is 0.296. The fraction of sp³-hybridized carbons (Fsp3) is 0.107. The van der Waals surface area contributed by atoms with Crippen molar-refractivity contribution in [2.24, 2.45) is 0 Å². The molecule has 0 spiro atoms. The molecule has 2 heterocycles. The zero-order valence-corrected chi connectivity index (χ0v) is 20.3. The van der Waals surface area contributed by atoms with Gasteiger partial charge in [-0.1, -0.05) is 48.0 Å². The molecule has 7 heteroatoms. The van der Waals surface area contributed by atoms with Crippen LogP contribution in [0.4, 0.5) is 5.13 Å². The first-order valence-electron chi connectivity index (χ1n) is 11.0. The predicted octanol–water partition coefficient (Wildman–Crippen LogP) is 6.60. The highest BCUT2D eigenvalue weighted by atomic mass is 32.1. The van der Waals surface area contributed by atoms with Gasteiger partial charge in [-0.15, -0.1) is 11.3 Å². The van der Waals surface area contributed by atoms with Gasteiger partial charge in [0.05, 0.1) is 36.7 Å². The van der Waals surface area contributed by atoms with E-state index >= 15 is 0 Å². The Morgan fingerprint density at radius 1 is 0.886 bits per heavy atom. The number of carbonyl (C=O) groups excluding carboxylic acids is 1. The number of amides is 1. The summed E-state index contributed by atoms with van der Waals surface area (Å²) in [6.07, 6.45) is 0. The number of hydrogen-bond donors (Lipinski definition) is 1. The number of aromatic nitrogens is 2. The van der Waals surface area contributed by atoms with Crippen molar-refractivity contribution in [2.75, 3.05) is 19.5 Å². The molecule has 1 amide bonds. The summed E-state index contributed by atoms with van der Waals surface area (Å²) in [6.45, 7) is 2.05. The van der Waals surface area contributed by atoms with Crippen LogP contribution in [0.15, 0.2) is 78.2 Å². The van der Waals surface area contributed by atoms with Gasteiger partial charge in [0.25, 0.3) is 5.91 Å². The Bertz CT molecular complexity index is 1530. The number of fused-ring (bicyclic) bond motifs is 1. The summed E-state index contributed by atoms with van der Waals surface area (Å²) in [5, 5.41) is 6.21. The van der Waals surface area contributed by atoms with Crippen LogP contribution >= 0.6 is 11.3 Å². The number of rotatable bonds is 6. The number of methoxy groups -OCH3 is 2. The van der Waals surface area contributed by atoms with Gasteiger partial charge < -0.3 is 9.47 Å². The number of benzene rings is 3. The Labute approximate surface area is 207 Å². The van der Waals surface area contributed by atoms with Crippen molar-refractivity contribution in [2.45, 2.75) is 6.92 Å². The van der Waals surface area contributed by atoms with E-state index in [1.807, 2.05) is 73.0 Å². The van der Waals surface area contributed by atoms with Gasteiger partial charge in [0.1, 0.15) is 11.5 Å². The number of nitrogens with zero attached hydrogens (tertiary/aromatic N) is 2. The van der Waals surface area contributed by atoms with Crippen LogP contribution in [0.3, 0.4) is 0 Å². The van der Waals surface area contributed by atoms with Crippen molar-refractivity contribution < 1.29 is 14.3 Å². The number of aryl methyl sites for hydroxylation is 1. The molecule has 0 aliphatic rings. The SMILES string of the molecule is COc1ccc(-c2cc(C(=O)Nc3nc(-c4ccc(C)cc4)cs3)c3ccccc3n2)c(OC)c1. The van der Waals surface area contributed by atoms with Crippen LogP contribution in [-0.4, -0.2) is 30.1 Å². The van der Waals surface area contributed by atoms with Gasteiger partial charge in [-0.3, -0.25) is 10.1 Å². The lowest BCUT2D eigenvalue weighted by molar-refractivity contribution is 0.102. The summed E-state index contributed by atoms with van der Waals surface area (Å²) in [7, 11) is 3.20. The maximum atomic E-state index is 13.4. The van der Waals surface area contributed by atoms with E-state index in [2.05, 4.69) is 10.3 Å². The maximum absolute atomic E-state index is 13.4. The molecule has 0 bridgehead atoms. The van der Waals surface area contributed by atoms with E-state index in [9.17, 15) is 4.79 Å². The molecule has 0 saturated heterocycles. The number of ether oxygens (including phenoxy) is 2. The topological polar surface area (TPSA) is 73.3 Å². The minimum absolute atomic E-state index is 0.248. The number of carbonyl (C=O) groups is 1. The monoisotopic (exact) mass is 481 g/mol. The van der Waals surface area contributed by atoms with Gasteiger partial charge >= 0.3 is 0 Å². The molecule has 0 aliphatic carbocycles. The normalized spacial score (nSPS) is 10.8. The van der Waals surface area contributed by atoms with Crippen molar-refractivity contribution in [3.8, 4) is 34.0 Å². The summed E-state index contributed by atoms with van der Waals surface area (Å²) in [5.74, 6) is 1.04. The van der Waals surface area contributed by atoms with Crippen LogP contribution < -0.4 is 14.8 Å². The van der Waals surface area contributed by atoms with E-state index < -0.39 is 0 Å². The van der Waals surface area contributed by atoms with Gasteiger partial charge in [-0.05, 0) is 31.2 Å². The molecule has 0 aliphatic heterocycles. The lowest BCUT2D eigenvalue weighted by Gasteiger charge is -2.13. The molecule has 35 heavy (non-hydrogen) atoms. The van der Waals surface area contributed by atoms with Crippen molar-refractivity contribution >= 4 is 33.3 Å². The minimum atomic E-state index is -0.248. The number of thiazole rings is 1. The summed E-state index contributed by atoms with van der Waals surface area (Å²) < 4.78 is 10.9. The van der Waals surface area contributed by atoms with E-state index in [0.29, 0.717) is 33.4 Å². The molecule has 3 aromatic carbocycles. The maximum Gasteiger partial charge on any atom is 0.258 e. The molecular weight excluding hydrogens is 458 g/mol. The Morgan fingerprint density at radius 2 is 1.69 bits per heavy atom. The van der Waals surface area contributed by atoms with Crippen LogP contribution in [0, 0.1) is 6.92 Å². The van der Waals surface area contributed by atoms with Crippen molar-refractivity contribution in [1.29, 1.82) is 0 Å². The van der Waals surface area contributed by atoms with Gasteiger partial charge in [0, 0.05) is 28.0 Å². The average molecular weight is 482 g/mol. The van der Waals surface area contributed by atoms with E-state index in [-0.39, 0.29) is 5.91 Å². The summed E-state index contributed by atoms with van der Waals surface area (Å²) in [6, 6.07) is 23.1. The molecule has 0 saturated carbocycles. The Kier molecular flexibility index (Phi) is 6.16. The van der Waals surface area contributed by atoms with Crippen molar-refractivity contribution in [3.63, 3.8) is 0 Å². The predicted molar refractivity (Wildman–Crippen MR) is 141 cm³/mol. The fourth-order valence-electron chi connectivity index (χ4n) is 3.86. The molecule has 0 fully saturated rings. The third-order valence-corrected chi connectivity index (χ3v) is 6.48. The van der Waals surface area contributed by atoms with Crippen molar-refractivity contribution in [1.82, 2.24) is 9.97 Å². The van der Waals surface area contributed by atoms with Crippen molar-refractivity contribution in [3.05, 3.63) is 89.3 Å². The Balaban J connectivity index is 1.52. The van der Waals surface area contributed by atoms with Crippen LogP contribution in [0.5, 0.6) is 11.5 Å². The first-order valence-corrected chi connectivity index (χ1v) is 11.9. The molecule has 1 N–H and O–H groups in total. The third kappa shape index (κ3) is 4.58. The third-order valence-electron chi connectivity index (χ3n) is 5.72. The molecule has 174 valence electrons. The smallest absolute Gasteiger partial charge is 0.258 e. The van der Waals surface area contributed by atoms with E-state index in [1.54, 1.807) is 26.4 Å². The van der Waals surface area contributed by atoms with Crippen LogP contribution in [0.2, 0.25) is 0 Å². The lowest BCUT2D eigenvalue weighted by atomic mass is 10.0. The van der Waals surface area contributed by atoms with Gasteiger partial charge in [0.15, 0.2) is 5.13 Å². The average Bonchev–Trinajstić information content (AvgIpc) is 3.36. The van der Waals surface area contributed by atoms with E-state index in [4.69, 9.17) is 14.5 Å². The fourth-order valence-corrected chi connectivity index (χ4v) is 4.58. The number of anilines is 1. The van der Waals surface area contributed by atoms with E-state index in [0.717, 1.165) is 22.2 Å². The second-order valence-corrected chi connectivity index (χ2v) is 8.85. The molecule has 0 unspecified atom stereocenters. The standard InChI is InChI=1S/C28H23N3O3S/c1-17-8-10-18(11-9-17)25-16-35-28(30-25)31-27(32)22-15-24(29-23-7-5-4-6-20(22)23)21-13-12-19(33-2)14-26(21)34-3/h4-16H,1-3H3,(H,30,31,32). The van der Waals surface area contributed by atoms with Crippen LogP contribution in [0.25, 0.3) is 33.4 Å². The summed E-state index contributed by atoms with van der Waals surface area (Å²) >= 11 is 1.40. The number of hydrogen-bond acceptors (Lipinski definition) is 6. The zero-order valence-electron chi connectivity index (χ0n) is 19.5. The molecule has 6 nitrogen and oxygen atoms in total. The molecule has 5 rings (SSSR count). The number of para-hydroxylation sites is 1. The number of nitrogens with one attached hydrogen (secondary N) is 1. The zero-order chi connectivity index (χ0) is 24.4. The number of pyridine rings is 1. The highest BCUT2D eigenvalue weighted by molar-refractivity contribution is 7.14. The molecular formula is C28H23N3O3S. The highest BCUT2D eigenvalue weighted by Crippen LogP contribution is 2.34. The molecule has 0 radical (unpaired) electrons. The van der Waals surface area contributed by atoms with Gasteiger partial charge in [-0.2, -0.15) is 0 Å². The highest BCUT2D eigenvalue weighted by Gasteiger charge is 2.18. The molecule has 2 aromatic heterocycles. The van der Waals surface area contributed by atoms with E-state index in [1.165, 1.54) is 16.9 Å². The molecule has 0 atom stereocenters. The Morgan fingerprint density at radius 3 is 2.46 bits per heavy atom. The largest absolute Gasteiger partial charge is 0.497 e. The second-order valence-electron chi connectivity index (χ2n) is 8.00. The van der Waals surface area contributed by atoms with Gasteiger partial charge in [-0.25, -0.2) is 9.97 Å². The first kappa shape index (κ1) is 22.6. The molecule has 5 aromatic rings. The minimum Gasteiger partial charge on any atom is -0.497 e. The Hall–Kier alpha value is -4.23. The summed E-state index contributed by atoms with van der Waals surface area (Å²) in [5.41, 5.74) is 5.65. The first-order chi connectivity index (χ1) is 17.1. The second kappa shape index (κ2) is 9.56. The summed E-state index contributed by atoms with van der Waals surface area (Å²) in [4.78, 5) is 22.8.